The van der Waals surface area contributed by atoms with Gasteiger partial charge in [0.2, 0.25) is 5.91 Å². The van der Waals surface area contributed by atoms with Crippen LogP contribution in [-0.2, 0) is 11.3 Å². The number of amides is 1. The lowest BCUT2D eigenvalue weighted by atomic mass is 10.3. The summed E-state index contributed by atoms with van der Waals surface area (Å²) in [6, 6.07) is 5.89. The molecule has 0 radical (unpaired) electrons. The summed E-state index contributed by atoms with van der Waals surface area (Å²) in [7, 11) is 3.63. The third-order valence-corrected chi connectivity index (χ3v) is 4.92. The van der Waals surface area contributed by atoms with E-state index in [9.17, 15) is 4.79 Å². The van der Waals surface area contributed by atoms with Gasteiger partial charge in [0.1, 0.15) is 10.8 Å². The molecule has 0 bridgehead atoms. The average Bonchev–Trinajstić information content (AvgIpc) is 2.96. The quantitative estimate of drug-likeness (QED) is 0.866. The molecule has 1 amide bonds. The highest BCUT2D eigenvalue weighted by molar-refractivity contribution is 7.18. The Morgan fingerprint density at radius 2 is 2.17 bits per heavy atom. The Balaban J connectivity index is 0.00000208. The number of benzene rings is 1. The molecule has 1 aromatic carbocycles. The molecule has 3 rings (SSSR count). The average molecular weight is 371 g/mol. The van der Waals surface area contributed by atoms with Crippen LogP contribution in [0.3, 0.4) is 0 Å². The summed E-state index contributed by atoms with van der Waals surface area (Å²) in [5.41, 5.74) is 0.979. The fraction of sp³-hybridized carbons (Fsp3) is 0.500. The van der Waals surface area contributed by atoms with Crippen LogP contribution in [0.4, 0.5) is 0 Å². The van der Waals surface area contributed by atoms with E-state index in [0.29, 0.717) is 13.1 Å². The molecule has 2 heterocycles. The first-order chi connectivity index (χ1) is 11.2. The van der Waals surface area contributed by atoms with Crippen molar-refractivity contribution in [3.8, 4) is 5.75 Å². The zero-order valence-electron chi connectivity index (χ0n) is 13.9. The second-order valence-electron chi connectivity index (χ2n) is 5.74. The summed E-state index contributed by atoms with van der Waals surface area (Å²) in [5.74, 6) is 1.03. The summed E-state index contributed by atoms with van der Waals surface area (Å²) >= 11 is 1.65. The van der Waals surface area contributed by atoms with E-state index in [4.69, 9.17) is 4.74 Å². The largest absolute Gasteiger partial charge is 0.497 e. The number of ether oxygens (including phenoxy) is 1. The molecule has 0 spiro atoms. The van der Waals surface area contributed by atoms with Gasteiger partial charge in [-0.25, -0.2) is 4.98 Å². The van der Waals surface area contributed by atoms with E-state index in [0.717, 1.165) is 47.2 Å². The van der Waals surface area contributed by atoms with E-state index < -0.39 is 0 Å². The van der Waals surface area contributed by atoms with Crippen molar-refractivity contribution in [3.63, 3.8) is 0 Å². The Labute approximate surface area is 152 Å². The second-order valence-corrected chi connectivity index (χ2v) is 6.86. The number of methoxy groups -OCH3 is 1. The van der Waals surface area contributed by atoms with Crippen LogP contribution >= 0.6 is 23.7 Å². The van der Waals surface area contributed by atoms with Crippen molar-refractivity contribution >= 4 is 39.9 Å². The number of nitrogens with one attached hydrogen (secondary N) is 1. The molecule has 1 fully saturated rings. The minimum Gasteiger partial charge on any atom is -0.497 e. The topological polar surface area (TPSA) is 57.7 Å². The van der Waals surface area contributed by atoms with Crippen LogP contribution in [0.1, 0.15) is 5.01 Å². The number of carbonyl (C=O) groups excluding carboxylic acids is 1. The zero-order chi connectivity index (χ0) is 16.2. The van der Waals surface area contributed by atoms with Gasteiger partial charge in [-0.3, -0.25) is 9.69 Å². The Kier molecular flexibility index (Phi) is 6.79. The van der Waals surface area contributed by atoms with Gasteiger partial charge in [-0.1, -0.05) is 0 Å². The van der Waals surface area contributed by atoms with Gasteiger partial charge in [-0.05, 0) is 25.2 Å². The number of aromatic nitrogens is 1. The summed E-state index contributed by atoms with van der Waals surface area (Å²) < 4.78 is 6.36. The van der Waals surface area contributed by atoms with Crippen molar-refractivity contribution in [1.82, 2.24) is 20.1 Å². The van der Waals surface area contributed by atoms with Gasteiger partial charge in [0.05, 0.1) is 30.4 Å². The van der Waals surface area contributed by atoms with Crippen molar-refractivity contribution in [3.05, 3.63) is 23.2 Å². The molecule has 1 N–H and O–H groups in total. The van der Waals surface area contributed by atoms with E-state index in [1.165, 1.54) is 0 Å². The number of likely N-dealkylation sites (N-methyl/N-ethyl adjacent to an activating group) is 1. The number of thiazole rings is 1. The van der Waals surface area contributed by atoms with Gasteiger partial charge in [-0.15, -0.1) is 23.7 Å². The third kappa shape index (κ3) is 4.57. The highest BCUT2D eigenvalue weighted by Crippen LogP contribution is 2.26. The van der Waals surface area contributed by atoms with Crippen LogP contribution in [0.2, 0.25) is 0 Å². The SMILES string of the molecule is COc1ccc2nc(CN(C)CC(=O)N3CCNCC3)sc2c1.Cl. The fourth-order valence-electron chi connectivity index (χ4n) is 2.68. The van der Waals surface area contributed by atoms with E-state index in [-0.39, 0.29) is 18.3 Å². The Morgan fingerprint density at radius 1 is 1.42 bits per heavy atom. The Hall–Kier alpha value is -1.41. The molecule has 1 aliphatic rings. The monoisotopic (exact) mass is 370 g/mol. The van der Waals surface area contributed by atoms with Crippen LogP contribution in [-0.4, -0.2) is 67.6 Å². The number of carbonyl (C=O) groups is 1. The molecular formula is C16H23ClN4O2S. The standard InChI is InChI=1S/C16H22N4O2S.ClH/c1-19(11-16(21)20-7-5-17-6-8-20)10-15-18-13-4-3-12(22-2)9-14(13)23-15;/h3-4,9,17H,5-8,10-11H2,1-2H3;1H. The molecule has 0 saturated carbocycles. The number of halogens is 1. The van der Waals surface area contributed by atoms with E-state index in [2.05, 4.69) is 10.3 Å². The van der Waals surface area contributed by atoms with E-state index >= 15 is 0 Å². The van der Waals surface area contributed by atoms with Gasteiger partial charge < -0.3 is 15.0 Å². The summed E-state index contributed by atoms with van der Waals surface area (Å²) in [5, 5.41) is 4.28. The maximum atomic E-state index is 12.3. The smallest absolute Gasteiger partial charge is 0.236 e. The Bertz CT molecular complexity index is 688. The van der Waals surface area contributed by atoms with Crippen LogP contribution in [0.15, 0.2) is 18.2 Å². The highest BCUT2D eigenvalue weighted by Gasteiger charge is 2.18. The first-order valence-electron chi connectivity index (χ1n) is 7.76. The number of fused-ring (bicyclic) bond motifs is 1. The van der Waals surface area contributed by atoms with E-state index in [1.807, 2.05) is 35.0 Å². The Morgan fingerprint density at radius 3 is 2.88 bits per heavy atom. The van der Waals surface area contributed by atoms with Gasteiger partial charge in [-0.2, -0.15) is 0 Å². The van der Waals surface area contributed by atoms with Crippen LogP contribution in [0, 0.1) is 0 Å². The maximum absolute atomic E-state index is 12.3. The normalized spacial score (nSPS) is 14.7. The van der Waals surface area contributed by atoms with E-state index in [1.54, 1.807) is 18.4 Å². The number of nitrogens with zero attached hydrogens (tertiary/aromatic N) is 3. The molecular weight excluding hydrogens is 348 g/mol. The molecule has 6 nitrogen and oxygen atoms in total. The van der Waals surface area contributed by atoms with Gasteiger partial charge in [0.15, 0.2) is 0 Å². The molecule has 2 aromatic rings. The first kappa shape index (κ1) is 18.9. The summed E-state index contributed by atoms with van der Waals surface area (Å²) in [6.45, 7) is 4.48. The minimum atomic E-state index is 0. The third-order valence-electron chi connectivity index (χ3n) is 3.92. The van der Waals surface area contributed by atoms with Crippen LogP contribution in [0.5, 0.6) is 5.75 Å². The maximum Gasteiger partial charge on any atom is 0.236 e. The number of piperazine rings is 1. The molecule has 24 heavy (non-hydrogen) atoms. The summed E-state index contributed by atoms with van der Waals surface area (Å²) in [4.78, 5) is 20.9. The molecule has 0 unspecified atom stereocenters. The first-order valence-corrected chi connectivity index (χ1v) is 8.58. The molecule has 0 aliphatic carbocycles. The van der Waals surface area contributed by atoms with Gasteiger partial charge in [0, 0.05) is 26.2 Å². The van der Waals surface area contributed by atoms with Crippen LogP contribution in [0.25, 0.3) is 10.2 Å². The predicted molar refractivity (Wildman–Crippen MR) is 99.2 cm³/mol. The molecule has 8 heteroatoms. The molecule has 1 aliphatic heterocycles. The predicted octanol–water partition coefficient (Wildman–Crippen LogP) is 1.59. The van der Waals surface area contributed by atoms with Gasteiger partial charge >= 0.3 is 0 Å². The molecule has 1 saturated heterocycles. The lowest BCUT2D eigenvalue weighted by molar-refractivity contribution is -0.132. The van der Waals surface area contributed by atoms with Crippen LogP contribution < -0.4 is 10.1 Å². The zero-order valence-corrected chi connectivity index (χ0v) is 15.6. The van der Waals surface area contributed by atoms with Crippen molar-refractivity contribution in [2.75, 3.05) is 46.9 Å². The molecule has 1 aromatic heterocycles. The number of hydrogen-bond donors (Lipinski definition) is 1. The number of rotatable bonds is 5. The minimum absolute atomic E-state index is 0. The van der Waals surface area contributed by atoms with Crippen molar-refractivity contribution < 1.29 is 9.53 Å². The second kappa shape index (κ2) is 8.62. The number of hydrogen-bond acceptors (Lipinski definition) is 6. The fourth-order valence-corrected chi connectivity index (χ4v) is 3.76. The van der Waals surface area contributed by atoms with Crippen molar-refractivity contribution in [2.24, 2.45) is 0 Å². The molecule has 0 atom stereocenters. The summed E-state index contributed by atoms with van der Waals surface area (Å²) in [6.07, 6.45) is 0. The van der Waals surface area contributed by atoms with Gasteiger partial charge in [0.25, 0.3) is 0 Å². The van der Waals surface area contributed by atoms with Crippen molar-refractivity contribution in [1.29, 1.82) is 0 Å². The molecule has 132 valence electrons. The lowest BCUT2D eigenvalue weighted by Gasteiger charge is -2.29. The van der Waals surface area contributed by atoms with Crippen molar-refractivity contribution in [2.45, 2.75) is 6.54 Å². The lowest BCUT2D eigenvalue weighted by Crippen LogP contribution is -2.49. The highest BCUT2D eigenvalue weighted by atomic mass is 35.5.